The predicted molar refractivity (Wildman–Crippen MR) is 66.8 cm³/mol. The normalized spacial score (nSPS) is 10.5. The fourth-order valence-corrected chi connectivity index (χ4v) is 1.93. The first-order chi connectivity index (χ1) is 8.04. The maximum Gasteiger partial charge on any atom is 0.264 e. The van der Waals surface area contributed by atoms with Gasteiger partial charge in [-0.25, -0.2) is 0 Å². The highest BCUT2D eigenvalue weighted by atomic mass is 35.5. The topological polar surface area (TPSA) is 47.0 Å². The summed E-state index contributed by atoms with van der Waals surface area (Å²) in [5.41, 5.74) is 0.585. The van der Waals surface area contributed by atoms with Gasteiger partial charge >= 0.3 is 0 Å². The Hall–Kier alpha value is -1.39. The molecule has 0 amide bonds. The van der Waals surface area contributed by atoms with E-state index in [1.165, 1.54) is 6.07 Å². The molecule has 0 spiro atoms. The summed E-state index contributed by atoms with van der Waals surface area (Å²) in [7, 11) is 1.74. The van der Waals surface area contributed by atoms with Gasteiger partial charge in [-0.1, -0.05) is 23.2 Å². The van der Waals surface area contributed by atoms with Crippen LogP contribution in [-0.2, 0) is 13.7 Å². The van der Waals surface area contributed by atoms with Crippen LogP contribution in [0.2, 0.25) is 10.0 Å². The number of halogens is 2. The lowest BCUT2D eigenvalue weighted by molar-refractivity contribution is 0.295. The number of H-pyrrole nitrogens is 1. The average Bonchev–Trinajstić information content (AvgIpc) is 2.53. The van der Waals surface area contributed by atoms with Crippen LogP contribution >= 0.6 is 23.2 Å². The predicted octanol–water partition coefficient (Wildman–Crippen LogP) is 2.60. The molecule has 0 unspecified atom stereocenters. The van der Waals surface area contributed by atoms with Crippen LogP contribution in [-0.4, -0.2) is 9.78 Å². The van der Waals surface area contributed by atoms with E-state index in [9.17, 15) is 4.79 Å². The van der Waals surface area contributed by atoms with E-state index in [2.05, 4.69) is 5.10 Å². The largest absolute Gasteiger partial charge is 0.487 e. The lowest BCUT2D eigenvalue weighted by Crippen LogP contribution is -2.04. The van der Waals surface area contributed by atoms with Gasteiger partial charge in [-0.2, -0.15) is 0 Å². The van der Waals surface area contributed by atoms with Crippen LogP contribution in [0.5, 0.6) is 5.75 Å². The highest BCUT2D eigenvalue weighted by molar-refractivity contribution is 6.34. The number of benzene rings is 1. The lowest BCUT2D eigenvalue weighted by atomic mass is 10.3. The minimum absolute atomic E-state index is 0.157. The van der Waals surface area contributed by atoms with E-state index < -0.39 is 0 Å². The molecule has 2 aromatic rings. The summed E-state index contributed by atoms with van der Waals surface area (Å²) in [5, 5.41) is 3.61. The third-order valence-electron chi connectivity index (χ3n) is 2.23. The molecular weight excluding hydrogens is 263 g/mol. The second kappa shape index (κ2) is 4.85. The first kappa shape index (κ1) is 12.1. The van der Waals surface area contributed by atoms with E-state index in [1.807, 2.05) is 0 Å². The first-order valence-corrected chi connectivity index (χ1v) is 5.64. The van der Waals surface area contributed by atoms with Gasteiger partial charge < -0.3 is 4.74 Å². The number of aromatic amines is 1. The summed E-state index contributed by atoms with van der Waals surface area (Å²) in [6.45, 7) is 0.270. The molecule has 1 aromatic carbocycles. The van der Waals surface area contributed by atoms with Gasteiger partial charge in [0, 0.05) is 23.2 Å². The van der Waals surface area contributed by atoms with Crippen LogP contribution in [0, 0.1) is 0 Å². The van der Waals surface area contributed by atoms with Crippen molar-refractivity contribution in [2.75, 3.05) is 0 Å². The molecule has 0 bridgehead atoms. The Morgan fingerprint density at radius 3 is 2.41 bits per heavy atom. The fourth-order valence-electron chi connectivity index (χ4n) is 1.43. The molecule has 1 heterocycles. The first-order valence-electron chi connectivity index (χ1n) is 4.88. The average molecular weight is 273 g/mol. The molecule has 1 aromatic heterocycles. The summed E-state index contributed by atoms with van der Waals surface area (Å²) in [5.74, 6) is 0.566. The van der Waals surface area contributed by atoms with E-state index in [-0.39, 0.29) is 12.2 Å². The zero-order valence-electron chi connectivity index (χ0n) is 9.04. The van der Waals surface area contributed by atoms with Crippen molar-refractivity contribution in [1.82, 2.24) is 9.78 Å². The maximum atomic E-state index is 11.1. The molecule has 0 saturated carbocycles. The van der Waals surface area contributed by atoms with Crippen molar-refractivity contribution in [1.29, 1.82) is 0 Å². The second-order valence-electron chi connectivity index (χ2n) is 3.56. The Morgan fingerprint density at radius 1 is 1.24 bits per heavy atom. The van der Waals surface area contributed by atoms with E-state index in [0.717, 1.165) is 5.69 Å². The Kier molecular flexibility index (Phi) is 3.45. The summed E-state index contributed by atoms with van der Waals surface area (Å²) in [6, 6.07) is 6.44. The monoisotopic (exact) mass is 272 g/mol. The van der Waals surface area contributed by atoms with Crippen molar-refractivity contribution < 1.29 is 4.74 Å². The zero-order valence-corrected chi connectivity index (χ0v) is 10.5. The standard InChI is InChI=1S/C11H10Cl2N2O2/c1-15-9(5-11(16)14-15)6-17-10-3-7(12)2-8(13)4-10/h2-5H,6H2,1H3,(H,14,16). The fraction of sp³-hybridized carbons (Fsp3) is 0.182. The number of nitrogens with zero attached hydrogens (tertiary/aromatic N) is 1. The molecule has 17 heavy (non-hydrogen) atoms. The Bertz CT molecular complexity index is 569. The molecule has 0 atom stereocenters. The number of rotatable bonds is 3. The van der Waals surface area contributed by atoms with Crippen LogP contribution in [0.15, 0.2) is 29.1 Å². The zero-order chi connectivity index (χ0) is 12.4. The van der Waals surface area contributed by atoms with Gasteiger partial charge in [-0.15, -0.1) is 0 Å². The third-order valence-corrected chi connectivity index (χ3v) is 2.67. The van der Waals surface area contributed by atoms with Crippen molar-refractivity contribution in [2.24, 2.45) is 7.05 Å². The lowest BCUT2D eigenvalue weighted by Gasteiger charge is -2.07. The van der Waals surface area contributed by atoms with Crippen molar-refractivity contribution in [2.45, 2.75) is 6.61 Å². The molecule has 0 fully saturated rings. The highest BCUT2D eigenvalue weighted by Gasteiger charge is 2.03. The smallest absolute Gasteiger partial charge is 0.264 e. The van der Waals surface area contributed by atoms with Gasteiger partial charge in [-0.05, 0) is 18.2 Å². The molecule has 4 nitrogen and oxygen atoms in total. The number of nitrogens with one attached hydrogen (secondary N) is 1. The van der Waals surface area contributed by atoms with E-state index in [4.69, 9.17) is 27.9 Å². The molecule has 6 heteroatoms. The molecular formula is C11H10Cl2N2O2. The number of aromatic nitrogens is 2. The van der Waals surface area contributed by atoms with Gasteiger partial charge in [0.05, 0.1) is 5.69 Å². The molecule has 90 valence electrons. The van der Waals surface area contributed by atoms with Gasteiger partial charge in [0.2, 0.25) is 0 Å². The van der Waals surface area contributed by atoms with Gasteiger partial charge in [0.25, 0.3) is 5.56 Å². The Balaban J connectivity index is 2.12. The molecule has 0 aliphatic rings. The van der Waals surface area contributed by atoms with Crippen molar-refractivity contribution in [3.8, 4) is 5.75 Å². The number of ether oxygens (including phenoxy) is 1. The third kappa shape index (κ3) is 3.05. The summed E-state index contributed by atoms with van der Waals surface area (Å²) in [6.07, 6.45) is 0. The summed E-state index contributed by atoms with van der Waals surface area (Å²) < 4.78 is 7.10. The number of hydrogen-bond acceptors (Lipinski definition) is 2. The minimum atomic E-state index is -0.157. The van der Waals surface area contributed by atoms with Crippen molar-refractivity contribution >= 4 is 23.2 Å². The molecule has 0 radical (unpaired) electrons. The Labute approximate surface area is 108 Å². The van der Waals surface area contributed by atoms with Crippen LogP contribution in [0.25, 0.3) is 0 Å². The van der Waals surface area contributed by atoms with E-state index in [1.54, 1.807) is 29.9 Å². The van der Waals surface area contributed by atoms with Gasteiger partial charge in [-0.3, -0.25) is 14.6 Å². The van der Waals surface area contributed by atoms with Crippen molar-refractivity contribution in [3.05, 3.63) is 50.4 Å². The molecule has 0 aliphatic carbocycles. The molecule has 1 N–H and O–H groups in total. The number of hydrogen-bond donors (Lipinski definition) is 1. The van der Waals surface area contributed by atoms with Crippen LogP contribution < -0.4 is 10.3 Å². The van der Waals surface area contributed by atoms with Gasteiger partial charge in [0.15, 0.2) is 0 Å². The second-order valence-corrected chi connectivity index (χ2v) is 4.44. The van der Waals surface area contributed by atoms with E-state index in [0.29, 0.717) is 15.8 Å². The summed E-state index contributed by atoms with van der Waals surface area (Å²) >= 11 is 11.7. The Morgan fingerprint density at radius 2 is 1.88 bits per heavy atom. The van der Waals surface area contributed by atoms with E-state index >= 15 is 0 Å². The van der Waals surface area contributed by atoms with Crippen LogP contribution in [0.3, 0.4) is 0 Å². The summed E-state index contributed by atoms with van der Waals surface area (Å²) in [4.78, 5) is 11.1. The SMILES string of the molecule is Cn1[nH]c(=O)cc1COc1cc(Cl)cc(Cl)c1. The highest BCUT2D eigenvalue weighted by Crippen LogP contribution is 2.24. The van der Waals surface area contributed by atoms with Crippen LogP contribution in [0.4, 0.5) is 0 Å². The molecule has 0 aliphatic heterocycles. The number of aryl methyl sites for hydroxylation is 1. The van der Waals surface area contributed by atoms with Gasteiger partial charge in [0.1, 0.15) is 12.4 Å². The minimum Gasteiger partial charge on any atom is -0.487 e. The van der Waals surface area contributed by atoms with Crippen LogP contribution in [0.1, 0.15) is 5.69 Å². The maximum absolute atomic E-state index is 11.1. The van der Waals surface area contributed by atoms with Crippen molar-refractivity contribution in [3.63, 3.8) is 0 Å². The quantitative estimate of drug-likeness (QED) is 0.934. The molecule has 0 saturated heterocycles. The molecule has 2 rings (SSSR count).